The van der Waals surface area contributed by atoms with Crippen LogP contribution >= 0.6 is 0 Å². The lowest BCUT2D eigenvalue weighted by Crippen LogP contribution is -2.11. The maximum Gasteiger partial charge on any atom is 0.152 e. The van der Waals surface area contributed by atoms with E-state index >= 15 is 0 Å². The van der Waals surface area contributed by atoms with Crippen molar-refractivity contribution in [1.29, 1.82) is 5.26 Å². The summed E-state index contributed by atoms with van der Waals surface area (Å²) in [4.78, 5) is 0. The third-order valence-corrected chi connectivity index (χ3v) is 5.38. The molecule has 1 saturated heterocycles. The fourth-order valence-electron chi connectivity index (χ4n) is 2.50. The fraction of sp³-hybridized carbons (Fsp3) is 0.286. The van der Waals surface area contributed by atoms with Crippen molar-refractivity contribution in [2.24, 2.45) is 0 Å². The largest absolute Gasteiger partial charge is 0.396 e. The number of nitriles is 1. The monoisotopic (exact) mass is 302 g/mol. The van der Waals surface area contributed by atoms with Crippen molar-refractivity contribution >= 4 is 15.5 Å². The van der Waals surface area contributed by atoms with E-state index in [0.717, 1.165) is 5.56 Å². The van der Waals surface area contributed by atoms with Gasteiger partial charge in [0.2, 0.25) is 0 Å². The molecule has 2 aromatic rings. The smallest absolute Gasteiger partial charge is 0.152 e. The average molecular weight is 302 g/mol. The molecule has 3 rings (SSSR count). The number of nitrogen functional groups attached to an aromatic ring is 1. The Bertz CT molecular complexity index is 816. The van der Waals surface area contributed by atoms with Gasteiger partial charge in [-0.2, -0.15) is 10.4 Å². The third-order valence-electron chi connectivity index (χ3n) is 3.63. The lowest BCUT2D eigenvalue weighted by atomic mass is 10.1. The second-order valence-electron chi connectivity index (χ2n) is 5.16. The van der Waals surface area contributed by atoms with E-state index in [-0.39, 0.29) is 17.5 Å². The molecular formula is C14H14N4O2S. The minimum Gasteiger partial charge on any atom is -0.396 e. The van der Waals surface area contributed by atoms with E-state index in [1.165, 1.54) is 0 Å². The minimum atomic E-state index is -2.96. The van der Waals surface area contributed by atoms with E-state index in [1.54, 1.807) is 35.1 Å². The predicted molar refractivity (Wildman–Crippen MR) is 79.1 cm³/mol. The molecule has 0 saturated carbocycles. The highest BCUT2D eigenvalue weighted by atomic mass is 32.2. The lowest BCUT2D eigenvalue weighted by Gasteiger charge is -2.07. The summed E-state index contributed by atoms with van der Waals surface area (Å²) < 4.78 is 24.7. The van der Waals surface area contributed by atoms with Crippen LogP contribution in [0.15, 0.2) is 30.5 Å². The molecule has 1 aromatic heterocycles. The number of anilines is 1. The van der Waals surface area contributed by atoms with Gasteiger partial charge in [0, 0.05) is 11.8 Å². The van der Waals surface area contributed by atoms with Crippen molar-refractivity contribution in [1.82, 2.24) is 9.78 Å². The number of benzene rings is 1. The van der Waals surface area contributed by atoms with Gasteiger partial charge in [0.05, 0.1) is 34.9 Å². The second-order valence-corrected chi connectivity index (χ2v) is 7.39. The Labute approximate surface area is 122 Å². The maximum absolute atomic E-state index is 11.5. The van der Waals surface area contributed by atoms with Gasteiger partial charge < -0.3 is 5.73 Å². The first-order chi connectivity index (χ1) is 9.98. The number of nitrogens with zero attached hydrogens (tertiary/aromatic N) is 3. The molecule has 1 atom stereocenters. The fourth-order valence-corrected chi connectivity index (χ4v) is 4.21. The summed E-state index contributed by atoms with van der Waals surface area (Å²) in [5, 5.41) is 13.2. The van der Waals surface area contributed by atoms with E-state index in [9.17, 15) is 8.42 Å². The number of nitrogens with two attached hydrogens (primary N) is 1. The van der Waals surface area contributed by atoms with Crippen LogP contribution in [0.5, 0.6) is 0 Å². The number of hydrogen-bond donors (Lipinski definition) is 1. The Hall–Kier alpha value is -2.33. The number of hydrogen-bond acceptors (Lipinski definition) is 5. The summed E-state index contributed by atoms with van der Waals surface area (Å²) in [6, 6.07) is 8.88. The number of sulfone groups is 1. The molecule has 2 N–H and O–H groups in total. The topological polar surface area (TPSA) is 102 Å². The Balaban J connectivity index is 1.93. The first-order valence-electron chi connectivity index (χ1n) is 6.54. The molecular weight excluding hydrogens is 288 g/mol. The van der Waals surface area contributed by atoms with Crippen LogP contribution < -0.4 is 5.73 Å². The SMILES string of the molecule is N#Cc1ccc(-c2nn(C3CCS(=O)(=O)C3)cc2N)cc1. The average Bonchev–Trinajstić information content (AvgIpc) is 3.02. The summed E-state index contributed by atoms with van der Waals surface area (Å²) in [7, 11) is -2.96. The summed E-state index contributed by atoms with van der Waals surface area (Å²) in [6.07, 6.45) is 2.25. The molecule has 1 fully saturated rings. The van der Waals surface area contributed by atoms with E-state index in [1.807, 2.05) is 0 Å². The van der Waals surface area contributed by atoms with Gasteiger partial charge in [-0.05, 0) is 18.6 Å². The number of aromatic nitrogens is 2. The Morgan fingerprint density at radius 1 is 1.33 bits per heavy atom. The zero-order valence-corrected chi connectivity index (χ0v) is 12.0. The van der Waals surface area contributed by atoms with E-state index in [4.69, 9.17) is 11.0 Å². The van der Waals surface area contributed by atoms with Gasteiger partial charge in [-0.1, -0.05) is 12.1 Å². The van der Waals surface area contributed by atoms with Gasteiger partial charge in [-0.3, -0.25) is 4.68 Å². The molecule has 1 aliphatic heterocycles. The molecule has 2 heterocycles. The molecule has 6 nitrogen and oxygen atoms in total. The zero-order valence-electron chi connectivity index (χ0n) is 11.2. The highest BCUT2D eigenvalue weighted by Crippen LogP contribution is 2.29. The van der Waals surface area contributed by atoms with Crippen LogP contribution in [-0.4, -0.2) is 29.7 Å². The summed E-state index contributed by atoms with van der Waals surface area (Å²) in [5.74, 6) is 0.310. The molecule has 7 heteroatoms. The van der Waals surface area contributed by atoms with Gasteiger partial charge in [0.1, 0.15) is 5.69 Å². The van der Waals surface area contributed by atoms with Crippen molar-refractivity contribution in [3.8, 4) is 17.3 Å². The van der Waals surface area contributed by atoms with E-state index in [0.29, 0.717) is 23.4 Å². The van der Waals surface area contributed by atoms with Crippen molar-refractivity contribution in [2.45, 2.75) is 12.5 Å². The van der Waals surface area contributed by atoms with Crippen LogP contribution in [0.3, 0.4) is 0 Å². The van der Waals surface area contributed by atoms with Crippen LogP contribution in [0.2, 0.25) is 0 Å². The molecule has 0 amide bonds. The van der Waals surface area contributed by atoms with Gasteiger partial charge in [0.25, 0.3) is 0 Å². The van der Waals surface area contributed by atoms with Crippen LogP contribution in [-0.2, 0) is 9.84 Å². The summed E-state index contributed by atoms with van der Waals surface area (Å²) in [5.41, 5.74) is 8.48. The normalized spacial score (nSPS) is 20.2. The van der Waals surface area contributed by atoms with Crippen molar-refractivity contribution < 1.29 is 8.42 Å². The molecule has 0 spiro atoms. The first kappa shape index (κ1) is 13.6. The van der Waals surface area contributed by atoms with Gasteiger partial charge in [-0.25, -0.2) is 8.42 Å². The predicted octanol–water partition coefficient (Wildman–Crippen LogP) is 1.36. The molecule has 0 aliphatic carbocycles. The highest BCUT2D eigenvalue weighted by molar-refractivity contribution is 7.91. The van der Waals surface area contributed by atoms with Gasteiger partial charge in [-0.15, -0.1) is 0 Å². The summed E-state index contributed by atoms with van der Waals surface area (Å²) >= 11 is 0. The zero-order chi connectivity index (χ0) is 15.0. The summed E-state index contributed by atoms with van der Waals surface area (Å²) in [6.45, 7) is 0. The first-order valence-corrected chi connectivity index (χ1v) is 8.36. The molecule has 1 unspecified atom stereocenters. The highest BCUT2D eigenvalue weighted by Gasteiger charge is 2.30. The van der Waals surface area contributed by atoms with Gasteiger partial charge >= 0.3 is 0 Å². The van der Waals surface area contributed by atoms with Crippen molar-refractivity contribution in [3.63, 3.8) is 0 Å². The second kappa shape index (κ2) is 4.90. The van der Waals surface area contributed by atoms with Crippen molar-refractivity contribution in [3.05, 3.63) is 36.0 Å². The molecule has 108 valence electrons. The Kier molecular flexibility index (Phi) is 3.18. The molecule has 21 heavy (non-hydrogen) atoms. The van der Waals surface area contributed by atoms with Crippen LogP contribution in [0.25, 0.3) is 11.3 Å². The van der Waals surface area contributed by atoms with Crippen LogP contribution in [0, 0.1) is 11.3 Å². The minimum absolute atomic E-state index is 0.112. The Morgan fingerprint density at radius 2 is 2.05 bits per heavy atom. The number of rotatable bonds is 2. The third kappa shape index (κ3) is 2.62. The Morgan fingerprint density at radius 3 is 2.62 bits per heavy atom. The standard InChI is InChI=1S/C14H14N4O2S/c15-7-10-1-3-11(4-2-10)14-13(16)8-18(17-14)12-5-6-21(19,20)9-12/h1-4,8,12H,5-6,9,16H2. The maximum atomic E-state index is 11.5. The van der Waals surface area contributed by atoms with Gasteiger partial charge in [0.15, 0.2) is 9.84 Å². The van der Waals surface area contributed by atoms with Crippen LogP contribution in [0.4, 0.5) is 5.69 Å². The lowest BCUT2D eigenvalue weighted by molar-refractivity contribution is 0.501. The molecule has 0 radical (unpaired) electrons. The van der Waals surface area contributed by atoms with Crippen molar-refractivity contribution in [2.75, 3.05) is 17.2 Å². The van der Waals surface area contributed by atoms with E-state index in [2.05, 4.69) is 11.2 Å². The quantitative estimate of drug-likeness (QED) is 0.902. The molecule has 1 aliphatic rings. The van der Waals surface area contributed by atoms with Crippen LogP contribution in [0.1, 0.15) is 18.0 Å². The molecule has 0 bridgehead atoms. The van der Waals surface area contributed by atoms with E-state index < -0.39 is 9.84 Å². The molecule has 1 aromatic carbocycles.